The van der Waals surface area contributed by atoms with Crippen molar-refractivity contribution < 1.29 is 0 Å². The van der Waals surface area contributed by atoms with Gasteiger partial charge in [0.15, 0.2) is 0 Å². The molecule has 0 radical (unpaired) electrons. The molecular formula is C10H18ClN3S. The van der Waals surface area contributed by atoms with Crippen LogP contribution in [-0.4, -0.2) is 27.8 Å². The van der Waals surface area contributed by atoms with E-state index in [4.69, 9.17) is 11.6 Å². The summed E-state index contributed by atoms with van der Waals surface area (Å²) >= 11 is 7.99. The third-order valence-electron chi connectivity index (χ3n) is 2.30. The van der Waals surface area contributed by atoms with Crippen molar-refractivity contribution in [1.29, 1.82) is 0 Å². The SMILES string of the molecule is CSCC(C)NCc1c(Cl)c(C)nn1C. The zero-order valence-corrected chi connectivity index (χ0v) is 11.2. The lowest BCUT2D eigenvalue weighted by Crippen LogP contribution is -2.28. The summed E-state index contributed by atoms with van der Waals surface area (Å²) in [4.78, 5) is 0. The minimum atomic E-state index is 0.492. The molecule has 0 bridgehead atoms. The maximum atomic E-state index is 6.15. The zero-order chi connectivity index (χ0) is 11.4. The minimum Gasteiger partial charge on any atom is -0.308 e. The van der Waals surface area contributed by atoms with Crippen LogP contribution in [0.15, 0.2) is 0 Å². The Bertz CT molecular complexity index is 325. The summed E-state index contributed by atoms with van der Waals surface area (Å²) in [6.45, 7) is 4.88. The van der Waals surface area contributed by atoms with Crippen molar-refractivity contribution in [2.45, 2.75) is 26.4 Å². The Morgan fingerprint density at radius 3 is 2.73 bits per heavy atom. The van der Waals surface area contributed by atoms with Crippen molar-refractivity contribution in [3.8, 4) is 0 Å². The monoisotopic (exact) mass is 247 g/mol. The Kier molecular flexibility index (Phi) is 4.96. The molecule has 86 valence electrons. The number of hydrogen-bond donors (Lipinski definition) is 1. The van der Waals surface area contributed by atoms with Gasteiger partial charge < -0.3 is 5.32 Å². The molecule has 1 N–H and O–H groups in total. The van der Waals surface area contributed by atoms with Gasteiger partial charge in [-0.2, -0.15) is 16.9 Å². The molecule has 0 aliphatic rings. The quantitative estimate of drug-likeness (QED) is 0.866. The molecule has 0 spiro atoms. The first kappa shape index (κ1) is 12.9. The van der Waals surface area contributed by atoms with Crippen molar-refractivity contribution >= 4 is 23.4 Å². The number of nitrogens with one attached hydrogen (secondary N) is 1. The Labute approximate surface area is 101 Å². The van der Waals surface area contributed by atoms with Crippen LogP contribution in [0.5, 0.6) is 0 Å². The number of halogens is 1. The molecule has 1 rings (SSSR count). The molecule has 0 aliphatic carbocycles. The molecule has 0 aromatic carbocycles. The lowest BCUT2D eigenvalue weighted by molar-refractivity contribution is 0.565. The van der Waals surface area contributed by atoms with Crippen LogP contribution in [0.2, 0.25) is 5.02 Å². The molecule has 1 unspecified atom stereocenters. The van der Waals surface area contributed by atoms with E-state index in [0.29, 0.717) is 6.04 Å². The summed E-state index contributed by atoms with van der Waals surface area (Å²) in [7, 11) is 1.93. The summed E-state index contributed by atoms with van der Waals surface area (Å²) in [6.07, 6.45) is 2.11. The van der Waals surface area contributed by atoms with Crippen LogP contribution in [0.1, 0.15) is 18.3 Å². The fourth-order valence-electron chi connectivity index (χ4n) is 1.45. The van der Waals surface area contributed by atoms with Gasteiger partial charge in [-0.1, -0.05) is 11.6 Å². The standard InChI is InChI=1S/C10H18ClN3S/c1-7(6-15-4)12-5-9-10(11)8(2)13-14(9)3/h7,12H,5-6H2,1-4H3. The topological polar surface area (TPSA) is 29.9 Å². The van der Waals surface area contributed by atoms with E-state index in [1.54, 1.807) is 0 Å². The lowest BCUT2D eigenvalue weighted by atomic mass is 10.3. The lowest BCUT2D eigenvalue weighted by Gasteiger charge is -2.12. The van der Waals surface area contributed by atoms with Crippen molar-refractivity contribution in [1.82, 2.24) is 15.1 Å². The van der Waals surface area contributed by atoms with Crippen LogP contribution in [0.3, 0.4) is 0 Å². The maximum Gasteiger partial charge on any atom is 0.0860 e. The van der Waals surface area contributed by atoms with Gasteiger partial charge in [0, 0.05) is 25.4 Å². The predicted molar refractivity (Wildman–Crippen MR) is 67.6 cm³/mol. The molecular weight excluding hydrogens is 230 g/mol. The van der Waals surface area contributed by atoms with Gasteiger partial charge >= 0.3 is 0 Å². The molecule has 5 heteroatoms. The van der Waals surface area contributed by atoms with Crippen LogP contribution in [0.4, 0.5) is 0 Å². The predicted octanol–water partition coefficient (Wildman–Crippen LogP) is 2.22. The molecule has 0 fully saturated rings. The Hall–Kier alpha value is -0.190. The highest BCUT2D eigenvalue weighted by Crippen LogP contribution is 2.19. The minimum absolute atomic E-state index is 0.492. The van der Waals surface area contributed by atoms with Gasteiger partial charge in [0.2, 0.25) is 0 Å². The average Bonchev–Trinajstić information content (AvgIpc) is 2.40. The summed E-state index contributed by atoms with van der Waals surface area (Å²) in [5.41, 5.74) is 1.95. The van der Waals surface area contributed by atoms with Crippen molar-refractivity contribution in [3.63, 3.8) is 0 Å². The van der Waals surface area contributed by atoms with Gasteiger partial charge in [-0.15, -0.1) is 0 Å². The Morgan fingerprint density at radius 2 is 2.27 bits per heavy atom. The van der Waals surface area contributed by atoms with Gasteiger partial charge in [0.1, 0.15) is 0 Å². The van der Waals surface area contributed by atoms with Crippen LogP contribution in [0.25, 0.3) is 0 Å². The van der Waals surface area contributed by atoms with E-state index in [0.717, 1.165) is 28.7 Å². The van der Waals surface area contributed by atoms with E-state index in [1.165, 1.54) is 0 Å². The molecule has 0 saturated carbocycles. The molecule has 3 nitrogen and oxygen atoms in total. The third kappa shape index (κ3) is 3.40. The van der Waals surface area contributed by atoms with E-state index < -0.39 is 0 Å². The molecule has 1 aromatic heterocycles. The number of hydrogen-bond acceptors (Lipinski definition) is 3. The first-order valence-corrected chi connectivity index (χ1v) is 6.73. The highest BCUT2D eigenvalue weighted by atomic mass is 35.5. The molecule has 1 heterocycles. The summed E-state index contributed by atoms with van der Waals surface area (Å²) in [5.74, 6) is 1.11. The number of aromatic nitrogens is 2. The smallest absolute Gasteiger partial charge is 0.0860 e. The average molecular weight is 248 g/mol. The fraction of sp³-hybridized carbons (Fsp3) is 0.700. The number of thioether (sulfide) groups is 1. The highest BCUT2D eigenvalue weighted by molar-refractivity contribution is 7.98. The van der Waals surface area contributed by atoms with Crippen molar-refractivity contribution in [2.24, 2.45) is 7.05 Å². The van der Waals surface area contributed by atoms with Gasteiger partial charge in [-0.05, 0) is 20.1 Å². The second-order valence-corrected chi connectivity index (χ2v) is 5.00. The summed E-state index contributed by atoms with van der Waals surface area (Å²) in [5, 5.41) is 8.48. The molecule has 1 atom stereocenters. The van der Waals surface area contributed by atoms with E-state index in [9.17, 15) is 0 Å². The van der Waals surface area contributed by atoms with Crippen LogP contribution in [-0.2, 0) is 13.6 Å². The number of rotatable bonds is 5. The molecule has 1 aromatic rings. The van der Waals surface area contributed by atoms with E-state index in [-0.39, 0.29) is 0 Å². The van der Waals surface area contributed by atoms with Gasteiger partial charge in [-0.25, -0.2) is 0 Å². The second kappa shape index (κ2) is 5.77. The van der Waals surface area contributed by atoms with Crippen LogP contribution < -0.4 is 5.32 Å². The molecule has 0 saturated heterocycles. The van der Waals surface area contributed by atoms with E-state index >= 15 is 0 Å². The number of aryl methyl sites for hydroxylation is 2. The normalized spacial score (nSPS) is 13.1. The largest absolute Gasteiger partial charge is 0.308 e. The first-order valence-electron chi connectivity index (χ1n) is 4.96. The van der Waals surface area contributed by atoms with E-state index in [1.807, 2.05) is 30.4 Å². The van der Waals surface area contributed by atoms with Crippen molar-refractivity contribution in [2.75, 3.05) is 12.0 Å². The van der Waals surface area contributed by atoms with Crippen LogP contribution >= 0.6 is 23.4 Å². The highest BCUT2D eigenvalue weighted by Gasteiger charge is 2.11. The molecule has 15 heavy (non-hydrogen) atoms. The first-order chi connectivity index (χ1) is 7.06. The molecule has 0 amide bonds. The zero-order valence-electron chi connectivity index (χ0n) is 9.67. The summed E-state index contributed by atoms with van der Waals surface area (Å²) < 4.78 is 1.84. The van der Waals surface area contributed by atoms with Gasteiger partial charge in [-0.3, -0.25) is 4.68 Å². The van der Waals surface area contributed by atoms with Crippen LogP contribution in [0, 0.1) is 6.92 Å². The number of nitrogens with zero attached hydrogens (tertiary/aromatic N) is 2. The van der Waals surface area contributed by atoms with Gasteiger partial charge in [0.25, 0.3) is 0 Å². The van der Waals surface area contributed by atoms with Crippen molar-refractivity contribution in [3.05, 3.63) is 16.4 Å². The molecule has 0 aliphatic heterocycles. The second-order valence-electron chi connectivity index (χ2n) is 3.71. The van der Waals surface area contributed by atoms with E-state index in [2.05, 4.69) is 23.6 Å². The summed E-state index contributed by atoms with van der Waals surface area (Å²) in [6, 6.07) is 0.492. The Balaban J connectivity index is 2.57. The fourth-order valence-corrected chi connectivity index (χ4v) is 2.30. The Morgan fingerprint density at radius 1 is 1.60 bits per heavy atom. The third-order valence-corrected chi connectivity index (χ3v) is 3.62. The van der Waals surface area contributed by atoms with Gasteiger partial charge in [0.05, 0.1) is 16.4 Å². The maximum absolute atomic E-state index is 6.15.